The van der Waals surface area contributed by atoms with Gasteiger partial charge in [0.1, 0.15) is 17.2 Å². The molecule has 6 rings (SSSR count). The summed E-state index contributed by atoms with van der Waals surface area (Å²) in [5, 5.41) is 9.74. The van der Waals surface area contributed by atoms with E-state index in [1.807, 2.05) is 30.5 Å². The summed E-state index contributed by atoms with van der Waals surface area (Å²) in [6.07, 6.45) is 5.50. The maximum absolute atomic E-state index is 6.07. The third-order valence-corrected chi connectivity index (χ3v) is 6.48. The maximum Gasteiger partial charge on any atom is 0.221 e. The number of aromatic amines is 1. The van der Waals surface area contributed by atoms with Crippen molar-refractivity contribution in [3.8, 4) is 28.4 Å². The predicted molar refractivity (Wildman–Crippen MR) is 134 cm³/mol. The van der Waals surface area contributed by atoms with Crippen molar-refractivity contribution in [3.63, 3.8) is 0 Å². The lowest BCUT2D eigenvalue weighted by molar-refractivity contribution is 0.401. The lowest BCUT2D eigenvalue weighted by Gasteiger charge is -2.30. The molecule has 0 spiro atoms. The normalized spacial score (nSPS) is 14.7. The number of benzene rings is 2. The molecule has 3 aromatic heterocycles. The van der Waals surface area contributed by atoms with Gasteiger partial charge in [-0.3, -0.25) is 10.1 Å². The standard InChI is InChI=1S/C26H25N7O/c1-34-26-19(13-17-4-2-3-5-21(17)30-26)16-6-7-22-20(12-16)25(32-31-22)23-14-28-15-24(29-23)33-10-8-18(27)9-11-33/h2-7,12-15,18H,8-11,27H2,1H3,(H,31,32). The fraction of sp³-hybridized carbons (Fsp3) is 0.231. The number of methoxy groups -OCH3 is 1. The van der Waals surface area contributed by atoms with Crippen LogP contribution in [0.5, 0.6) is 5.88 Å². The van der Waals surface area contributed by atoms with Crippen molar-refractivity contribution in [2.24, 2.45) is 5.73 Å². The summed E-state index contributed by atoms with van der Waals surface area (Å²) in [6, 6.07) is 16.6. The first-order chi connectivity index (χ1) is 16.7. The van der Waals surface area contributed by atoms with Gasteiger partial charge in [-0.05, 0) is 42.7 Å². The van der Waals surface area contributed by atoms with Gasteiger partial charge < -0.3 is 15.4 Å². The third kappa shape index (κ3) is 3.62. The van der Waals surface area contributed by atoms with Crippen LogP contribution in [-0.4, -0.2) is 51.4 Å². The molecular formula is C26H25N7O. The van der Waals surface area contributed by atoms with Gasteiger partial charge in [-0.2, -0.15) is 5.10 Å². The van der Waals surface area contributed by atoms with Crippen LogP contribution in [0.15, 0.2) is 60.9 Å². The molecule has 1 aliphatic rings. The number of ether oxygens (including phenoxy) is 1. The van der Waals surface area contributed by atoms with Crippen LogP contribution in [0.25, 0.3) is 44.3 Å². The largest absolute Gasteiger partial charge is 0.481 e. The number of fused-ring (bicyclic) bond motifs is 2. The van der Waals surface area contributed by atoms with Gasteiger partial charge >= 0.3 is 0 Å². The van der Waals surface area contributed by atoms with Crippen LogP contribution in [0.4, 0.5) is 5.82 Å². The van der Waals surface area contributed by atoms with E-state index in [1.54, 1.807) is 13.3 Å². The minimum Gasteiger partial charge on any atom is -0.481 e. The zero-order chi connectivity index (χ0) is 23.1. The first kappa shape index (κ1) is 20.6. The van der Waals surface area contributed by atoms with E-state index >= 15 is 0 Å². The Bertz CT molecular complexity index is 1490. The third-order valence-electron chi connectivity index (χ3n) is 6.48. The van der Waals surface area contributed by atoms with Crippen LogP contribution in [0, 0.1) is 0 Å². The number of nitrogens with two attached hydrogens (primary N) is 1. The van der Waals surface area contributed by atoms with E-state index in [2.05, 4.69) is 44.3 Å². The first-order valence-corrected chi connectivity index (χ1v) is 11.4. The minimum absolute atomic E-state index is 0.266. The van der Waals surface area contributed by atoms with Crippen molar-refractivity contribution in [3.05, 3.63) is 60.9 Å². The molecule has 3 N–H and O–H groups in total. The van der Waals surface area contributed by atoms with Crippen molar-refractivity contribution in [2.75, 3.05) is 25.1 Å². The van der Waals surface area contributed by atoms with Crippen LogP contribution >= 0.6 is 0 Å². The molecule has 5 aromatic rings. The summed E-state index contributed by atoms with van der Waals surface area (Å²) < 4.78 is 5.64. The molecular weight excluding hydrogens is 426 g/mol. The average molecular weight is 452 g/mol. The minimum atomic E-state index is 0.266. The Morgan fingerprint density at radius 2 is 1.88 bits per heavy atom. The van der Waals surface area contributed by atoms with Crippen LogP contribution in [-0.2, 0) is 0 Å². The number of hydrogen-bond acceptors (Lipinski definition) is 7. The molecule has 4 heterocycles. The Kier molecular flexibility index (Phi) is 5.07. The smallest absolute Gasteiger partial charge is 0.221 e. The van der Waals surface area contributed by atoms with Gasteiger partial charge in [-0.1, -0.05) is 24.3 Å². The number of H-pyrrole nitrogens is 1. The molecule has 0 aliphatic carbocycles. The van der Waals surface area contributed by atoms with Crippen LogP contribution in [0.2, 0.25) is 0 Å². The number of aromatic nitrogens is 5. The van der Waals surface area contributed by atoms with E-state index in [0.29, 0.717) is 5.88 Å². The Morgan fingerprint density at radius 3 is 2.74 bits per heavy atom. The van der Waals surface area contributed by atoms with Gasteiger partial charge in [0.05, 0.1) is 30.5 Å². The van der Waals surface area contributed by atoms with Gasteiger partial charge in [0.25, 0.3) is 0 Å². The quantitative estimate of drug-likeness (QED) is 0.422. The number of nitrogens with zero attached hydrogens (tertiary/aromatic N) is 5. The fourth-order valence-electron chi connectivity index (χ4n) is 4.59. The van der Waals surface area contributed by atoms with E-state index in [-0.39, 0.29) is 6.04 Å². The number of piperidine rings is 1. The van der Waals surface area contributed by atoms with Crippen LogP contribution in [0.3, 0.4) is 0 Å². The molecule has 0 radical (unpaired) electrons. The molecule has 1 fully saturated rings. The SMILES string of the molecule is COc1nc2ccccc2cc1-c1ccc2[nH]nc(-c3cncc(N4CCC(N)CC4)n3)c2c1. The lowest BCUT2D eigenvalue weighted by Crippen LogP contribution is -2.40. The lowest BCUT2D eigenvalue weighted by atomic mass is 10.0. The second-order valence-corrected chi connectivity index (χ2v) is 8.66. The van der Waals surface area contributed by atoms with Crippen LogP contribution < -0.4 is 15.4 Å². The van der Waals surface area contributed by atoms with Crippen LogP contribution in [0.1, 0.15) is 12.8 Å². The van der Waals surface area contributed by atoms with Crippen molar-refractivity contribution in [1.29, 1.82) is 0 Å². The molecule has 8 nitrogen and oxygen atoms in total. The molecule has 8 heteroatoms. The predicted octanol–water partition coefficient (Wildman–Crippen LogP) is 4.17. The van der Waals surface area contributed by atoms with Crippen molar-refractivity contribution < 1.29 is 4.74 Å². The highest BCUT2D eigenvalue weighted by atomic mass is 16.5. The highest BCUT2D eigenvalue weighted by Crippen LogP contribution is 2.35. The second-order valence-electron chi connectivity index (χ2n) is 8.66. The van der Waals surface area contributed by atoms with Crippen molar-refractivity contribution in [2.45, 2.75) is 18.9 Å². The molecule has 0 saturated carbocycles. The summed E-state index contributed by atoms with van der Waals surface area (Å²) in [5.41, 5.74) is 11.3. The Labute approximate surface area is 196 Å². The van der Waals surface area contributed by atoms with Gasteiger partial charge in [-0.25, -0.2) is 9.97 Å². The van der Waals surface area contributed by atoms with Gasteiger partial charge in [0, 0.05) is 35.5 Å². The Morgan fingerprint density at radius 1 is 1.03 bits per heavy atom. The number of anilines is 1. The van der Waals surface area contributed by atoms with E-state index in [4.69, 9.17) is 20.4 Å². The zero-order valence-electron chi connectivity index (χ0n) is 18.9. The summed E-state index contributed by atoms with van der Waals surface area (Å²) in [4.78, 5) is 16.3. The zero-order valence-corrected chi connectivity index (χ0v) is 18.9. The Hall–Kier alpha value is -4.04. The van der Waals surface area contributed by atoms with Crippen molar-refractivity contribution >= 4 is 27.6 Å². The average Bonchev–Trinajstić information content (AvgIpc) is 3.32. The molecule has 0 bridgehead atoms. The van der Waals surface area contributed by atoms with Gasteiger partial charge in [0.2, 0.25) is 5.88 Å². The first-order valence-electron chi connectivity index (χ1n) is 11.4. The highest BCUT2D eigenvalue weighted by Gasteiger charge is 2.19. The molecule has 0 atom stereocenters. The molecule has 2 aromatic carbocycles. The maximum atomic E-state index is 6.07. The number of nitrogens with one attached hydrogen (secondary N) is 1. The number of rotatable bonds is 4. The monoisotopic (exact) mass is 451 g/mol. The van der Waals surface area contributed by atoms with E-state index in [0.717, 1.165) is 76.1 Å². The highest BCUT2D eigenvalue weighted by molar-refractivity contribution is 5.96. The summed E-state index contributed by atoms with van der Waals surface area (Å²) in [7, 11) is 1.65. The number of pyridine rings is 1. The molecule has 1 aliphatic heterocycles. The van der Waals surface area contributed by atoms with Gasteiger partial charge in [0.15, 0.2) is 0 Å². The van der Waals surface area contributed by atoms with Crippen molar-refractivity contribution in [1.82, 2.24) is 25.1 Å². The molecule has 0 unspecified atom stereocenters. The topological polar surface area (TPSA) is 106 Å². The molecule has 34 heavy (non-hydrogen) atoms. The molecule has 1 saturated heterocycles. The van der Waals surface area contributed by atoms with Gasteiger partial charge in [-0.15, -0.1) is 0 Å². The number of hydrogen-bond donors (Lipinski definition) is 2. The summed E-state index contributed by atoms with van der Waals surface area (Å²) >= 11 is 0. The van der Waals surface area contributed by atoms with E-state index < -0.39 is 0 Å². The molecule has 0 amide bonds. The fourth-order valence-corrected chi connectivity index (χ4v) is 4.59. The Balaban J connectivity index is 1.43. The van der Waals surface area contributed by atoms with E-state index in [1.165, 1.54) is 0 Å². The molecule has 170 valence electrons. The second kappa shape index (κ2) is 8.39. The summed E-state index contributed by atoms with van der Waals surface area (Å²) in [5.74, 6) is 1.45. The summed E-state index contributed by atoms with van der Waals surface area (Å²) in [6.45, 7) is 1.78. The van der Waals surface area contributed by atoms with E-state index in [9.17, 15) is 0 Å². The number of para-hydroxylation sites is 1.